The summed E-state index contributed by atoms with van der Waals surface area (Å²) in [4.78, 5) is 9.84. The molecule has 5 nitrogen and oxygen atoms in total. The fourth-order valence-corrected chi connectivity index (χ4v) is 14.9. The van der Waals surface area contributed by atoms with Gasteiger partial charge in [-0.05, 0) is 143 Å². The van der Waals surface area contributed by atoms with Crippen LogP contribution in [0.2, 0.25) is 0 Å². The first-order chi connectivity index (χ1) is 41.7. The molecule has 4 heterocycles. The maximum absolute atomic E-state index is 7.22. The monoisotopic (exact) mass is 1090 g/mol. The van der Waals surface area contributed by atoms with Crippen LogP contribution >= 0.6 is 11.3 Å². The molecule has 1 aliphatic heterocycles. The third-order valence-electron chi connectivity index (χ3n) is 17.2. The molecule has 84 heavy (non-hydrogen) atoms. The summed E-state index contributed by atoms with van der Waals surface area (Å²) in [6, 6.07) is 108. The SMILES string of the molecule is c1ccc(N(c2cccc(-c3cccc4c3c3ccccc3n4-c3ccccc3)c2)c2cc(-c3ccccn3)cc(N(c3ccc4c(c3)Oc3ccccc3C43c4ccccc4-c4ccccc43)c3ccc4c(c3)sc3ccccc34)c2)cc1. The Labute approximate surface area is 490 Å². The van der Waals surface area contributed by atoms with Crippen molar-refractivity contribution in [3.63, 3.8) is 0 Å². The van der Waals surface area contributed by atoms with E-state index in [1.165, 1.54) is 64.3 Å². The summed E-state index contributed by atoms with van der Waals surface area (Å²) in [7, 11) is 0. The van der Waals surface area contributed by atoms with Gasteiger partial charge in [-0.15, -0.1) is 11.3 Å². The molecular weight excluding hydrogens is 1040 g/mol. The minimum absolute atomic E-state index is 0.599. The number of anilines is 6. The molecule has 0 atom stereocenters. The standard InChI is InChI=1S/C78H50N4OS/c1-3-22-53(23-4-1)80(55-26-19-21-51(45-55)60-31-20-37-72-77(60)65-30-9-14-36-71(65)82(72)54-24-5-2-6-25-54)58-46-52(70-35-17-18-44-79-70)47-59(48-58)81(57-40-42-64-63-29-10-16-39-75(63)84-76(64)50-57)56-41-43-69-74(49-56)83-73-38-15-13-34-68(73)78(69)66-32-11-7-27-61(66)62-28-8-12-33-67(62)78/h1-50H. The van der Waals surface area contributed by atoms with Crippen LogP contribution < -0.4 is 14.5 Å². The number of benzene rings is 12. The molecule has 1 aliphatic carbocycles. The Morgan fingerprint density at radius 1 is 0.345 bits per heavy atom. The maximum Gasteiger partial charge on any atom is 0.134 e. The molecule has 0 saturated carbocycles. The Kier molecular flexibility index (Phi) is 10.9. The Bertz CT molecular complexity index is 5040. The molecule has 15 aromatic rings. The minimum Gasteiger partial charge on any atom is -0.457 e. The van der Waals surface area contributed by atoms with Gasteiger partial charge in [0, 0.05) is 99.7 Å². The van der Waals surface area contributed by atoms with E-state index in [1.54, 1.807) is 0 Å². The highest BCUT2D eigenvalue weighted by atomic mass is 32.1. The number of hydrogen-bond acceptors (Lipinski definition) is 5. The van der Waals surface area contributed by atoms with Gasteiger partial charge in [-0.1, -0.05) is 182 Å². The molecule has 0 amide bonds. The number of thiophene rings is 1. The molecule has 0 saturated heterocycles. The van der Waals surface area contributed by atoms with Crippen molar-refractivity contribution in [1.82, 2.24) is 9.55 Å². The predicted octanol–water partition coefficient (Wildman–Crippen LogP) is 21.3. The van der Waals surface area contributed by atoms with E-state index in [9.17, 15) is 0 Å². The van der Waals surface area contributed by atoms with Crippen molar-refractivity contribution in [2.45, 2.75) is 5.41 Å². The third-order valence-corrected chi connectivity index (χ3v) is 18.4. The molecule has 0 fully saturated rings. The molecule has 394 valence electrons. The van der Waals surface area contributed by atoms with E-state index in [0.717, 1.165) is 84.8 Å². The summed E-state index contributed by atoms with van der Waals surface area (Å²) < 4.78 is 12.1. The molecule has 0 radical (unpaired) electrons. The lowest BCUT2D eigenvalue weighted by Gasteiger charge is -2.40. The lowest BCUT2D eigenvalue weighted by atomic mass is 9.66. The molecule has 12 aromatic carbocycles. The second-order valence-corrected chi connectivity index (χ2v) is 22.9. The van der Waals surface area contributed by atoms with Gasteiger partial charge < -0.3 is 19.1 Å². The summed E-state index contributed by atoms with van der Waals surface area (Å²) in [5.41, 5.74) is 20.3. The lowest BCUT2D eigenvalue weighted by molar-refractivity contribution is 0.436. The lowest BCUT2D eigenvalue weighted by Crippen LogP contribution is -2.32. The Morgan fingerprint density at radius 2 is 0.917 bits per heavy atom. The van der Waals surface area contributed by atoms with Crippen LogP contribution in [0.1, 0.15) is 22.3 Å². The van der Waals surface area contributed by atoms with Gasteiger partial charge >= 0.3 is 0 Å². The molecule has 6 heteroatoms. The van der Waals surface area contributed by atoms with Crippen LogP contribution in [-0.4, -0.2) is 9.55 Å². The second-order valence-electron chi connectivity index (χ2n) is 21.8. The zero-order valence-corrected chi connectivity index (χ0v) is 46.3. The molecule has 17 rings (SSSR count). The van der Waals surface area contributed by atoms with Crippen LogP contribution in [0.25, 0.3) is 81.2 Å². The highest BCUT2D eigenvalue weighted by Gasteiger charge is 2.51. The Hall–Kier alpha value is -10.8. The number of ether oxygens (including phenoxy) is 1. The number of pyridine rings is 1. The van der Waals surface area contributed by atoms with E-state index in [4.69, 9.17) is 9.72 Å². The van der Waals surface area contributed by atoms with Gasteiger partial charge in [0.2, 0.25) is 0 Å². The smallest absolute Gasteiger partial charge is 0.134 e. The van der Waals surface area contributed by atoms with Gasteiger partial charge in [0.05, 0.1) is 22.1 Å². The van der Waals surface area contributed by atoms with Crippen LogP contribution in [0.5, 0.6) is 11.5 Å². The zero-order chi connectivity index (χ0) is 55.3. The summed E-state index contributed by atoms with van der Waals surface area (Å²) in [6.45, 7) is 0. The van der Waals surface area contributed by atoms with Gasteiger partial charge in [-0.2, -0.15) is 0 Å². The molecular formula is C78H50N4OS. The minimum atomic E-state index is -0.599. The fraction of sp³-hybridized carbons (Fsp3) is 0.0128. The summed E-state index contributed by atoms with van der Waals surface area (Å²) in [5.74, 6) is 1.67. The number of aromatic nitrogens is 2. The van der Waals surface area contributed by atoms with Gasteiger partial charge in [0.25, 0.3) is 0 Å². The van der Waals surface area contributed by atoms with Gasteiger partial charge in [0.15, 0.2) is 0 Å². The Morgan fingerprint density at radius 3 is 1.71 bits per heavy atom. The largest absolute Gasteiger partial charge is 0.457 e. The fourth-order valence-electron chi connectivity index (χ4n) is 13.8. The summed E-state index contributed by atoms with van der Waals surface area (Å²) in [5, 5.41) is 4.93. The number of nitrogens with zero attached hydrogens (tertiary/aromatic N) is 4. The van der Waals surface area contributed by atoms with E-state index in [-0.39, 0.29) is 0 Å². The number of para-hydroxylation sites is 4. The van der Waals surface area contributed by atoms with Crippen molar-refractivity contribution in [3.05, 3.63) is 326 Å². The van der Waals surface area contributed by atoms with E-state index in [2.05, 4.69) is 306 Å². The highest BCUT2D eigenvalue weighted by molar-refractivity contribution is 7.25. The van der Waals surface area contributed by atoms with Crippen LogP contribution in [0.15, 0.2) is 303 Å². The third kappa shape index (κ3) is 7.37. The quantitative estimate of drug-likeness (QED) is 0.144. The topological polar surface area (TPSA) is 33.5 Å². The second kappa shape index (κ2) is 19.2. The highest BCUT2D eigenvalue weighted by Crippen LogP contribution is 2.63. The van der Waals surface area contributed by atoms with Crippen LogP contribution in [0.4, 0.5) is 34.1 Å². The molecule has 0 N–H and O–H groups in total. The molecule has 1 spiro atoms. The van der Waals surface area contributed by atoms with Crippen molar-refractivity contribution in [2.75, 3.05) is 9.80 Å². The molecule has 0 unspecified atom stereocenters. The van der Waals surface area contributed by atoms with Crippen molar-refractivity contribution in [3.8, 4) is 50.7 Å². The van der Waals surface area contributed by atoms with Crippen LogP contribution in [0.3, 0.4) is 0 Å². The van der Waals surface area contributed by atoms with Crippen molar-refractivity contribution < 1.29 is 4.74 Å². The molecule has 0 bridgehead atoms. The first-order valence-electron chi connectivity index (χ1n) is 28.6. The normalized spacial score (nSPS) is 12.7. The van der Waals surface area contributed by atoms with E-state index in [0.29, 0.717) is 0 Å². The number of rotatable bonds is 9. The molecule has 2 aliphatic rings. The van der Waals surface area contributed by atoms with Crippen LogP contribution in [-0.2, 0) is 5.41 Å². The van der Waals surface area contributed by atoms with E-state index in [1.807, 2.05) is 23.6 Å². The number of fused-ring (bicyclic) bond motifs is 15. The van der Waals surface area contributed by atoms with Crippen LogP contribution in [0, 0.1) is 0 Å². The van der Waals surface area contributed by atoms with E-state index >= 15 is 0 Å². The van der Waals surface area contributed by atoms with Crippen molar-refractivity contribution in [1.29, 1.82) is 0 Å². The van der Waals surface area contributed by atoms with Gasteiger partial charge in [-0.3, -0.25) is 4.98 Å². The predicted molar refractivity (Wildman–Crippen MR) is 349 cm³/mol. The van der Waals surface area contributed by atoms with E-state index < -0.39 is 5.41 Å². The zero-order valence-electron chi connectivity index (χ0n) is 45.5. The first kappa shape index (κ1) is 48.0. The Balaban J connectivity index is 0.890. The van der Waals surface area contributed by atoms with Crippen molar-refractivity contribution in [2.24, 2.45) is 0 Å². The molecule has 3 aromatic heterocycles. The average Bonchev–Trinajstić information content (AvgIpc) is 1.57. The summed E-state index contributed by atoms with van der Waals surface area (Å²) in [6.07, 6.45) is 1.89. The van der Waals surface area contributed by atoms with Crippen molar-refractivity contribution >= 4 is 87.4 Å². The number of hydrogen-bond donors (Lipinski definition) is 0. The first-order valence-corrected chi connectivity index (χ1v) is 29.4. The van der Waals surface area contributed by atoms with Gasteiger partial charge in [-0.25, -0.2) is 0 Å². The summed E-state index contributed by atoms with van der Waals surface area (Å²) >= 11 is 1.83. The van der Waals surface area contributed by atoms with Gasteiger partial charge in [0.1, 0.15) is 11.5 Å². The maximum atomic E-state index is 7.22. The average molecular weight is 1090 g/mol.